The molecule has 27 heavy (non-hydrogen) atoms. The van der Waals surface area contributed by atoms with E-state index < -0.39 is 0 Å². The molecule has 3 rings (SSSR count). The summed E-state index contributed by atoms with van der Waals surface area (Å²) >= 11 is 5.62. The summed E-state index contributed by atoms with van der Waals surface area (Å²) in [5.74, 6) is 0.104. The quantitative estimate of drug-likeness (QED) is 0.576. The molecule has 0 aliphatic carbocycles. The highest BCUT2D eigenvalue weighted by molar-refractivity contribution is 6.29. The Bertz CT molecular complexity index is 905. The standard InChI is InChI=1S/C19H18ClN3O4/c20-17-9-8-15(26-17)19(25)22-11-5-4-10-21-18(24)14-12-16(27-23-14)13-6-2-1-3-7-13/h1-3,6-9,12H,4-5,10-11H2,(H,21,24)(H,22,25). The van der Waals surface area contributed by atoms with Crippen molar-refractivity contribution in [3.8, 4) is 11.3 Å². The molecule has 3 aromatic rings. The first-order valence-electron chi connectivity index (χ1n) is 8.47. The lowest BCUT2D eigenvalue weighted by Gasteiger charge is -2.04. The van der Waals surface area contributed by atoms with E-state index in [1.165, 1.54) is 12.1 Å². The second-order valence-corrected chi connectivity index (χ2v) is 6.14. The van der Waals surface area contributed by atoms with Gasteiger partial charge in [-0.25, -0.2) is 0 Å². The van der Waals surface area contributed by atoms with Crippen LogP contribution in [0.3, 0.4) is 0 Å². The van der Waals surface area contributed by atoms with Crippen molar-refractivity contribution in [2.45, 2.75) is 12.8 Å². The first-order valence-corrected chi connectivity index (χ1v) is 8.85. The fourth-order valence-corrected chi connectivity index (χ4v) is 2.53. The van der Waals surface area contributed by atoms with E-state index in [0.717, 1.165) is 5.56 Å². The van der Waals surface area contributed by atoms with Gasteiger partial charge in [-0.15, -0.1) is 0 Å². The average molecular weight is 388 g/mol. The van der Waals surface area contributed by atoms with Crippen LogP contribution < -0.4 is 10.6 Å². The number of aromatic nitrogens is 1. The predicted octanol–water partition coefficient (Wildman–Crippen LogP) is 3.53. The molecule has 2 N–H and O–H groups in total. The highest BCUT2D eigenvalue weighted by Crippen LogP contribution is 2.19. The smallest absolute Gasteiger partial charge is 0.287 e. The average Bonchev–Trinajstić information content (AvgIpc) is 3.34. The minimum absolute atomic E-state index is 0.172. The molecule has 2 heterocycles. The lowest BCUT2D eigenvalue weighted by molar-refractivity contribution is 0.0918. The first kappa shape index (κ1) is 18.7. The molecule has 0 atom stereocenters. The lowest BCUT2D eigenvalue weighted by atomic mass is 10.1. The second kappa shape index (κ2) is 9.05. The molecule has 0 fully saturated rings. The molecule has 0 aliphatic heterocycles. The number of carbonyl (C=O) groups excluding carboxylic acids is 2. The number of benzene rings is 1. The fourth-order valence-electron chi connectivity index (χ4n) is 2.39. The molecule has 0 unspecified atom stereocenters. The molecule has 0 saturated heterocycles. The van der Waals surface area contributed by atoms with Gasteiger partial charge in [0.1, 0.15) is 0 Å². The highest BCUT2D eigenvalue weighted by atomic mass is 35.5. The fraction of sp³-hybridized carbons (Fsp3) is 0.211. The van der Waals surface area contributed by atoms with E-state index >= 15 is 0 Å². The molecule has 0 saturated carbocycles. The Morgan fingerprint density at radius 1 is 0.963 bits per heavy atom. The van der Waals surface area contributed by atoms with Crippen molar-refractivity contribution in [3.05, 3.63) is 65.2 Å². The maximum atomic E-state index is 12.1. The third kappa shape index (κ3) is 5.21. The third-order valence-corrected chi connectivity index (χ3v) is 3.98. The SMILES string of the molecule is O=C(NCCCCNC(=O)c1ccc(Cl)o1)c1cc(-c2ccccc2)on1. The van der Waals surface area contributed by atoms with Crippen LogP contribution in [0.4, 0.5) is 0 Å². The second-order valence-electron chi connectivity index (χ2n) is 5.77. The molecule has 8 heteroatoms. The zero-order valence-corrected chi connectivity index (χ0v) is 15.2. The Morgan fingerprint density at radius 3 is 2.33 bits per heavy atom. The van der Waals surface area contributed by atoms with Gasteiger partial charge in [0.05, 0.1) is 0 Å². The Morgan fingerprint density at radius 2 is 1.67 bits per heavy atom. The number of rotatable bonds is 8. The Labute approximate surface area is 160 Å². The summed E-state index contributed by atoms with van der Waals surface area (Å²) in [5, 5.41) is 9.47. The van der Waals surface area contributed by atoms with E-state index in [9.17, 15) is 9.59 Å². The van der Waals surface area contributed by atoms with Crippen molar-refractivity contribution in [2.75, 3.05) is 13.1 Å². The number of amides is 2. The van der Waals surface area contributed by atoms with Gasteiger partial charge >= 0.3 is 0 Å². The molecule has 0 spiro atoms. The zero-order chi connectivity index (χ0) is 19.1. The number of nitrogens with zero attached hydrogens (tertiary/aromatic N) is 1. The molecule has 2 aromatic heterocycles. The van der Waals surface area contributed by atoms with Crippen LogP contribution in [0, 0.1) is 0 Å². The number of unbranched alkanes of at least 4 members (excludes halogenated alkanes) is 1. The molecule has 1 aromatic carbocycles. The number of carbonyl (C=O) groups is 2. The van der Waals surface area contributed by atoms with Crippen LogP contribution >= 0.6 is 11.6 Å². The van der Waals surface area contributed by atoms with Crippen LogP contribution in [-0.4, -0.2) is 30.1 Å². The summed E-state index contributed by atoms with van der Waals surface area (Å²) < 4.78 is 10.2. The van der Waals surface area contributed by atoms with E-state index in [1.54, 1.807) is 6.07 Å². The van der Waals surface area contributed by atoms with Crippen molar-refractivity contribution in [1.29, 1.82) is 0 Å². The number of halogens is 1. The number of hydrogen-bond acceptors (Lipinski definition) is 5. The number of hydrogen-bond donors (Lipinski definition) is 2. The molecule has 2 amide bonds. The summed E-state index contributed by atoms with van der Waals surface area (Å²) in [6.07, 6.45) is 1.41. The largest absolute Gasteiger partial charge is 0.440 e. The first-order chi connectivity index (χ1) is 13.1. The van der Waals surface area contributed by atoms with Crippen LogP contribution in [0.1, 0.15) is 33.9 Å². The van der Waals surface area contributed by atoms with E-state index in [1.807, 2.05) is 30.3 Å². The number of furan rings is 1. The van der Waals surface area contributed by atoms with Crippen molar-refractivity contribution in [3.63, 3.8) is 0 Å². The topological polar surface area (TPSA) is 97.4 Å². The normalized spacial score (nSPS) is 10.6. The van der Waals surface area contributed by atoms with Crippen molar-refractivity contribution >= 4 is 23.4 Å². The molecule has 140 valence electrons. The molecule has 0 aliphatic rings. The molecule has 0 radical (unpaired) electrons. The van der Waals surface area contributed by atoms with Crippen LogP contribution in [0.15, 0.2) is 57.5 Å². The zero-order valence-electron chi connectivity index (χ0n) is 14.4. The molecular formula is C19H18ClN3O4. The van der Waals surface area contributed by atoms with Crippen LogP contribution in [0.5, 0.6) is 0 Å². The maximum absolute atomic E-state index is 12.1. The molecular weight excluding hydrogens is 370 g/mol. The van der Waals surface area contributed by atoms with Gasteiger partial charge in [-0.2, -0.15) is 0 Å². The molecule has 0 bridgehead atoms. The minimum Gasteiger partial charge on any atom is -0.440 e. The van der Waals surface area contributed by atoms with Crippen molar-refractivity contribution in [1.82, 2.24) is 15.8 Å². The Balaban J connectivity index is 1.35. The summed E-state index contributed by atoms with van der Waals surface area (Å²) in [5.41, 5.74) is 1.09. The van der Waals surface area contributed by atoms with E-state index in [2.05, 4.69) is 15.8 Å². The van der Waals surface area contributed by atoms with Gasteiger partial charge in [-0.3, -0.25) is 9.59 Å². The monoisotopic (exact) mass is 387 g/mol. The predicted molar refractivity (Wildman–Crippen MR) is 99.6 cm³/mol. The third-order valence-electron chi connectivity index (χ3n) is 3.77. The highest BCUT2D eigenvalue weighted by Gasteiger charge is 2.13. The van der Waals surface area contributed by atoms with Gasteiger partial charge in [0.25, 0.3) is 11.8 Å². The van der Waals surface area contributed by atoms with E-state index in [-0.39, 0.29) is 28.5 Å². The van der Waals surface area contributed by atoms with Gasteiger partial charge in [0.15, 0.2) is 22.4 Å². The lowest BCUT2D eigenvalue weighted by Crippen LogP contribution is -2.27. The van der Waals surface area contributed by atoms with Crippen LogP contribution in [0.25, 0.3) is 11.3 Å². The van der Waals surface area contributed by atoms with E-state index in [4.69, 9.17) is 20.5 Å². The molecule has 7 nitrogen and oxygen atoms in total. The van der Waals surface area contributed by atoms with E-state index in [0.29, 0.717) is 31.7 Å². The van der Waals surface area contributed by atoms with Crippen LogP contribution in [0.2, 0.25) is 5.22 Å². The van der Waals surface area contributed by atoms with Gasteiger partial charge in [-0.05, 0) is 36.6 Å². The Hall–Kier alpha value is -3.06. The van der Waals surface area contributed by atoms with Crippen molar-refractivity contribution < 1.29 is 18.5 Å². The number of nitrogens with one attached hydrogen (secondary N) is 2. The van der Waals surface area contributed by atoms with Gasteiger partial charge < -0.3 is 19.6 Å². The van der Waals surface area contributed by atoms with Gasteiger partial charge in [-0.1, -0.05) is 35.5 Å². The Kier molecular flexibility index (Phi) is 6.27. The summed E-state index contributed by atoms with van der Waals surface area (Å²) in [6.45, 7) is 0.934. The van der Waals surface area contributed by atoms with Gasteiger partial charge in [0, 0.05) is 24.7 Å². The minimum atomic E-state index is -0.318. The summed E-state index contributed by atoms with van der Waals surface area (Å²) in [6, 6.07) is 14.1. The van der Waals surface area contributed by atoms with Crippen molar-refractivity contribution in [2.24, 2.45) is 0 Å². The van der Waals surface area contributed by atoms with Gasteiger partial charge in [0.2, 0.25) is 0 Å². The van der Waals surface area contributed by atoms with Crippen LogP contribution in [-0.2, 0) is 0 Å². The maximum Gasteiger partial charge on any atom is 0.287 e. The summed E-state index contributed by atoms with van der Waals surface area (Å²) in [4.78, 5) is 23.8. The summed E-state index contributed by atoms with van der Waals surface area (Å²) in [7, 11) is 0.